The molecule has 0 spiro atoms. The topological polar surface area (TPSA) is 300 Å². The molecular formula is C72H75Br3F6N15O7P. The van der Waals surface area contributed by atoms with Crippen molar-refractivity contribution in [2.24, 2.45) is 23.5 Å². The van der Waals surface area contributed by atoms with E-state index in [1.807, 2.05) is 42.5 Å². The summed E-state index contributed by atoms with van der Waals surface area (Å²) in [6.45, 7) is 18.7. The summed E-state index contributed by atoms with van der Waals surface area (Å²) in [5, 5.41) is 32.1. The van der Waals surface area contributed by atoms with Crippen molar-refractivity contribution in [2.75, 3.05) is 39.3 Å². The number of benzene rings is 6. The number of carbonyl (C=O) groups is 2. The van der Waals surface area contributed by atoms with Gasteiger partial charge >= 0.3 is 5.97 Å². The van der Waals surface area contributed by atoms with Gasteiger partial charge < -0.3 is 31.1 Å². The predicted octanol–water partition coefficient (Wildman–Crippen LogP) is 12.9. The highest BCUT2D eigenvalue weighted by Crippen LogP contribution is 2.68. The summed E-state index contributed by atoms with van der Waals surface area (Å²) >= 11 is 8.29. The highest BCUT2D eigenvalue weighted by atomic mass is 80.0. The summed E-state index contributed by atoms with van der Waals surface area (Å²) in [6.07, 6.45) is 1.41. The van der Waals surface area contributed by atoms with E-state index in [1.54, 1.807) is 6.92 Å². The summed E-state index contributed by atoms with van der Waals surface area (Å²) < 4.78 is 88.4. The van der Waals surface area contributed by atoms with Crippen LogP contribution in [-0.4, -0.2) is 121 Å². The Balaban J connectivity index is 0.000000165. The Kier molecular flexibility index (Phi) is 27.4. The molecule has 6 unspecified atom stereocenters. The van der Waals surface area contributed by atoms with Gasteiger partial charge in [-0.25, -0.2) is 40.6 Å². The first-order valence-corrected chi connectivity index (χ1v) is 40.6. The number of nitrogens with two attached hydrogens (primary N) is 1. The zero-order valence-corrected chi connectivity index (χ0v) is 62.9. The maximum Gasteiger partial charge on any atom is 0.336 e. The highest BCUT2D eigenvalue weighted by Gasteiger charge is 2.36. The molecule has 7 heterocycles. The van der Waals surface area contributed by atoms with Crippen molar-refractivity contribution in [3.05, 3.63) is 273 Å². The second-order valence-electron chi connectivity index (χ2n) is 25.8. The number of fused-ring (bicyclic) bond motifs is 1. The molecule has 0 aliphatic carbocycles. The van der Waals surface area contributed by atoms with Gasteiger partial charge in [-0.1, -0.05) is 112 Å². The molecule has 0 radical (unpaired) electrons. The molecule has 22 nitrogen and oxygen atoms in total. The van der Waals surface area contributed by atoms with Gasteiger partial charge in [-0.3, -0.25) is 38.4 Å². The van der Waals surface area contributed by atoms with E-state index in [4.69, 9.17) is 15.9 Å². The fraction of sp³-hybridized carbons (Fsp3) is 0.319. The predicted molar refractivity (Wildman–Crippen MR) is 392 cm³/mol. The number of aryl methyl sites for hydroxylation is 3. The summed E-state index contributed by atoms with van der Waals surface area (Å²) in [4.78, 5) is 79.9. The third-order valence-electron chi connectivity index (χ3n) is 18.0. The van der Waals surface area contributed by atoms with Gasteiger partial charge in [0.15, 0.2) is 46.2 Å². The van der Waals surface area contributed by atoms with Crippen molar-refractivity contribution in [1.82, 2.24) is 70.0 Å². The highest BCUT2D eigenvalue weighted by molar-refractivity contribution is 9.94. The van der Waals surface area contributed by atoms with Crippen LogP contribution in [0, 0.1) is 73.4 Å². The number of hydrogen-bond acceptors (Lipinski definition) is 16. The monoisotopic (exact) mass is 1640 g/mol. The molecule has 6 aromatic carbocycles. The van der Waals surface area contributed by atoms with Crippen LogP contribution in [0.4, 0.5) is 26.3 Å². The fourth-order valence-corrected chi connectivity index (χ4v) is 12.7. The normalized spacial score (nSPS) is 18.1. The first-order valence-electron chi connectivity index (χ1n) is 32.9. The number of rotatable bonds is 15. The minimum absolute atomic E-state index is 0.00630. The zero-order chi connectivity index (χ0) is 75.3. The van der Waals surface area contributed by atoms with E-state index >= 15 is 0 Å². The van der Waals surface area contributed by atoms with E-state index in [1.165, 1.54) is 41.3 Å². The van der Waals surface area contributed by atoms with Gasteiger partial charge in [0.25, 0.3) is 25.8 Å². The lowest BCUT2D eigenvalue weighted by molar-refractivity contribution is 0.0695. The molecule has 548 valence electrons. The van der Waals surface area contributed by atoms with Crippen molar-refractivity contribution in [1.29, 1.82) is 0 Å². The zero-order valence-electron chi connectivity index (χ0n) is 57.2. The quantitative estimate of drug-likeness (QED) is 0.0410. The molecule has 104 heavy (non-hydrogen) atoms. The van der Waals surface area contributed by atoms with Crippen molar-refractivity contribution in [3.63, 3.8) is 0 Å². The van der Waals surface area contributed by atoms with Gasteiger partial charge in [-0.05, 0) is 108 Å². The SMILES string of the molecule is CC1CN(Cc2ccccc2)CC1c1nnc(CN)c(=O)[nH]1.Cc1cc(F)c(F)cc1-c1ncc2c(=O)[nH]c(C3CN(Cc4ccccc4)CC3C)nn12.Cc1cc(F)c(F)cc1C(=O)NCc1nnc(C2CN(Cc3ccccc3)CC2C)[nH]c1=O.Cc1cc(F)c(F)cc1C(=O)O.O=P(Br)(Br)Br. The summed E-state index contributed by atoms with van der Waals surface area (Å²) in [6, 6.07) is 36.4. The Labute approximate surface area is 618 Å². The first kappa shape index (κ1) is 79.4. The van der Waals surface area contributed by atoms with E-state index < -0.39 is 55.6 Å². The number of aromatic nitrogens is 10. The average Bonchev–Trinajstić information content (AvgIpc) is 1.60. The lowest BCUT2D eigenvalue weighted by Crippen LogP contribution is -2.30. The smallest absolute Gasteiger partial charge is 0.336 e. The van der Waals surface area contributed by atoms with Crippen molar-refractivity contribution >= 4 is 67.1 Å². The van der Waals surface area contributed by atoms with E-state index in [0.717, 1.165) is 89.2 Å². The molecule has 7 N–H and O–H groups in total. The second-order valence-corrected chi connectivity index (χ2v) is 44.2. The number of carbonyl (C=O) groups excluding carboxylic acids is 1. The number of amides is 1. The van der Waals surface area contributed by atoms with Crippen molar-refractivity contribution in [2.45, 2.75) is 92.0 Å². The number of aromatic carboxylic acids is 1. The van der Waals surface area contributed by atoms with Crippen LogP contribution in [0.1, 0.15) is 121 Å². The number of carboxylic acids is 1. The lowest BCUT2D eigenvalue weighted by Gasteiger charge is -2.16. The molecule has 4 aromatic heterocycles. The van der Waals surface area contributed by atoms with E-state index in [0.29, 0.717) is 52.3 Å². The number of imidazole rings is 1. The van der Waals surface area contributed by atoms with Crippen molar-refractivity contribution in [3.8, 4) is 11.4 Å². The van der Waals surface area contributed by atoms with Crippen LogP contribution in [0.3, 0.4) is 0 Å². The average molecular weight is 1650 g/mol. The molecule has 13 rings (SSSR count). The molecule has 32 heteroatoms. The van der Waals surface area contributed by atoms with Gasteiger partial charge in [0.2, 0.25) is 0 Å². The molecule has 6 atom stereocenters. The third kappa shape index (κ3) is 21.3. The van der Waals surface area contributed by atoms with Crippen LogP contribution in [0.2, 0.25) is 0 Å². The van der Waals surface area contributed by atoms with Crippen LogP contribution in [-0.2, 0) is 37.3 Å². The van der Waals surface area contributed by atoms with Crippen LogP contribution in [0.25, 0.3) is 16.9 Å². The van der Waals surface area contributed by atoms with Gasteiger partial charge in [0.05, 0.1) is 18.3 Å². The Morgan fingerprint density at radius 1 is 0.538 bits per heavy atom. The number of nitrogens with one attached hydrogen (secondary N) is 4. The molecule has 3 aliphatic rings. The molecule has 3 saturated heterocycles. The Morgan fingerprint density at radius 2 is 0.913 bits per heavy atom. The van der Waals surface area contributed by atoms with Gasteiger partial charge in [0, 0.05) is 141 Å². The number of carboxylic acid groups (broad SMARTS) is 1. The van der Waals surface area contributed by atoms with E-state index in [2.05, 4.69) is 176 Å². The third-order valence-corrected chi connectivity index (χ3v) is 18.0. The second kappa shape index (κ2) is 35.9. The van der Waals surface area contributed by atoms with Gasteiger partial charge in [-0.15, -0.1) is 20.4 Å². The van der Waals surface area contributed by atoms with Crippen LogP contribution < -0.4 is 27.7 Å². The summed E-state index contributed by atoms with van der Waals surface area (Å²) in [7, 11) is 0. The molecule has 0 saturated carbocycles. The lowest BCUT2D eigenvalue weighted by atomic mass is 9.97. The van der Waals surface area contributed by atoms with Crippen LogP contribution >= 0.6 is 49.7 Å². The van der Waals surface area contributed by atoms with Crippen molar-refractivity contribution < 1.29 is 45.6 Å². The molecule has 0 bridgehead atoms. The largest absolute Gasteiger partial charge is 0.478 e. The summed E-state index contributed by atoms with van der Waals surface area (Å²) in [5.74, 6) is -4.69. The molecular weight excluding hydrogens is 1570 g/mol. The van der Waals surface area contributed by atoms with Crippen LogP contribution in [0.5, 0.6) is 0 Å². The Bertz CT molecular complexity index is 4900. The van der Waals surface area contributed by atoms with Crippen LogP contribution in [0.15, 0.2) is 148 Å². The number of H-pyrrole nitrogens is 3. The number of likely N-dealkylation sites (tertiary alicyclic amines) is 3. The van der Waals surface area contributed by atoms with E-state index in [-0.39, 0.29) is 87.0 Å². The maximum atomic E-state index is 13.9. The summed E-state index contributed by atoms with van der Waals surface area (Å²) in [5.41, 5.74) is 10.1. The molecule has 1 amide bonds. The minimum Gasteiger partial charge on any atom is -0.478 e. The minimum atomic E-state index is -2.20. The first-order chi connectivity index (χ1) is 49.4. The number of hydrogen-bond donors (Lipinski definition) is 6. The number of nitrogens with zero attached hydrogens (tertiary/aromatic N) is 10. The number of aromatic amines is 3. The van der Waals surface area contributed by atoms with Gasteiger partial charge in [-0.2, -0.15) is 5.10 Å². The Hall–Kier alpha value is -8.68. The molecule has 10 aromatic rings. The Morgan fingerprint density at radius 3 is 1.34 bits per heavy atom. The molecule has 3 fully saturated rings. The molecule has 3 aliphatic heterocycles. The standard InChI is InChI=1S/C24H25F2N5O2.C24H23F2N5O.C16H21N5O.C8H6F2O2.Br3OP/c1-14-8-19(25)20(26)9-17(14)23(32)27-10-21-24(33)28-22(30-29-21)18-13-31(11-15(18)2)12-16-6-4-3-5-7-16;1-14-8-19(25)20(26)9-17(14)23-27-10-21-24(32)28-22(29-31(21)23)18-13-30(11-15(18)2)12-16-6-4-3-5-7-16;1-11-8-21(9-12-5-3-2-4-6-12)10-13(11)15-18-16(22)14(7-17)19-20-15;1-4-2-6(9)7(10)3-5(4)8(11)12;1-5(2,3)4/h3-9,15,18H,10-13H2,1-2H3,(H,27,32)(H,28,30,33);3-10,15,18H,11-13H2,1-2H3,(H,28,29,32);2-6,11,13H,7-10,17H2,1H3,(H,18,20,22);2-3H,1H3,(H,11,12);. The number of halogens is 9. The maximum absolute atomic E-state index is 13.9. The van der Waals surface area contributed by atoms with Gasteiger partial charge in [0.1, 0.15) is 28.9 Å². The van der Waals surface area contributed by atoms with E-state index in [9.17, 15) is 54.9 Å². The fourth-order valence-electron chi connectivity index (χ4n) is 12.7.